The molecule has 0 aromatic heterocycles. The van der Waals surface area contributed by atoms with Gasteiger partial charge in [-0.1, -0.05) is 30.3 Å². The van der Waals surface area contributed by atoms with E-state index >= 15 is 0 Å². The molecule has 31 heavy (non-hydrogen) atoms. The Hall–Kier alpha value is -2.96. The summed E-state index contributed by atoms with van der Waals surface area (Å²) in [7, 11) is 0. The van der Waals surface area contributed by atoms with Crippen LogP contribution in [0.3, 0.4) is 0 Å². The molecule has 1 aliphatic heterocycles. The molecule has 4 rings (SSSR count). The van der Waals surface area contributed by atoms with Crippen LogP contribution in [0.25, 0.3) is 0 Å². The molecular weight excluding hydrogens is 400 g/mol. The number of rotatable bonds is 6. The summed E-state index contributed by atoms with van der Waals surface area (Å²) in [6.07, 6.45) is 4.33. The minimum Gasteiger partial charge on any atom is -0.355 e. The van der Waals surface area contributed by atoms with Crippen LogP contribution in [0.4, 0.5) is 19.3 Å². The van der Waals surface area contributed by atoms with Gasteiger partial charge in [0.25, 0.3) is 0 Å². The fraction of sp³-hybridized carbons (Fsp3) is 0.417. The maximum absolute atomic E-state index is 13.7. The molecule has 2 aromatic rings. The van der Waals surface area contributed by atoms with Gasteiger partial charge in [-0.15, -0.1) is 0 Å². The molecule has 2 fully saturated rings. The van der Waals surface area contributed by atoms with Crippen LogP contribution in [-0.2, 0) is 10.2 Å². The summed E-state index contributed by atoms with van der Waals surface area (Å²) in [6.45, 7) is 1.77. The highest BCUT2D eigenvalue weighted by atomic mass is 19.1. The maximum atomic E-state index is 13.7. The second-order valence-corrected chi connectivity index (χ2v) is 8.48. The first-order valence-corrected chi connectivity index (χ1v) is 10.8. The van der Waals surface area contributed by atoms with E-state index in [2.05, 4.69) is 10.6 Å². The van der Waals surface area contributed by atoms with E-state index in [0.717, 1.165) is 49.8 Å². The summed E-state index contributed by atoms with van der Waals surface area (Å²) < 4.78 is 26.7. The Morgan fingerprint density at radius 2 is 1.74 bits per heavy atom. The van der Waals surface area contributed by atoms with Gasteiger partial charge in [0.15, 0.2) is 0 Å². The molecule has 0 spiro atoms. The molecule has 164 valence electrons. The first-order valence-electron chi connectivity index (χ1n) is 10.8. The predicted octanol–water partition coefficient (Wildman–Crippen LogP) is 4.45. The van der Waals surface area contributed by atoms with Crippen molar-refractivity contribution in [3.63, 3.8) is 0 Å². The number of urea groups is 1. The van der Waals surface area contributed by atoms with E-state index in [1.165, 1.54) is 6.07 Å². The zero-order chi connectivity index (χ0) is 21.8. The van der Waals surface area contributed by atoms with Gasteiger partial charge in [0.2, 0.25) is 5.91 Å². The topological polar surface area (TPSA) is 61.4 Å². The summed E-state index contributed by atoms with van der Waals surface area (Å²) in [5, 5.41) is 5.61. The Labute approximate surface area is 180 Å². The number of nitrogens with zero attached hydrogens (tertiary/aromatic N) is 1. The highest BCUT2D eigenvalue weighted by molar-refractivity contribution is 5.91. The summed E-state index contributed by atoms with van der Waals surface area (Å²) >= 11 is 0. The number of halogens is 2. The fourth-order valence-corrected chi connectivity index (χ4v) is 4.30. The second-order valence-electron chi connectivity index (χ2n) is 8.48. The molecule has 3 amide bonds. The molecule has 1 heterocycles. The molecule has 0 radical (unpaired) electrons. The van der Waals surface area contributed by atoms with Gasteiger partial charge in [0.05, 0.1) is 11.1 Å². The standard InChI is InChI=1S/C24H27F2N3O2/c25-19-6-7-21(20(26)16-19)28-23(31)29-14-9-17(10-15-29)8-13-27-22(30)24(11-12-24)18-4-2-1-3-5-18/h1-7,16-17H,8-15H2,(H,27,30)(H,28,31). The molecule has 1 saturated carbocycles. The number of nitrogens with one attached hydrogen (secondary N) is 2. The molecule has 2 N–H and O–H groups in total. The van der Waals surface area contributed by atoms with E-state index in [1.807, 2.05) is 30.3 Å². The quantitative estimate of drug-likeness (QED) is 0.716. The first kappa shape index (κ1) is 21.3. The lowest BCUT2D eigenvalue weighted by Gasteiger charge is -2.32. The third-order valence-corrected chi connectivity index (χ3v) is 6.42. The summed E-state index contributed by atoms with van der Waals surface area (Å²) in [4.78, 5) is 26.7. The lowest BCUT2D eigenvalue weighted by Crippen LogP contribution is -2.42. The summed E-state index contributed by atoms with van der Waals surface area (Å²) in [6, 6.07) is 12.6. The third kappa shape index (κ3) is 4.86. The molecule has 0 atom stereocenters. The number of carbonyl (C=O) groups is 2. The number of anilines is 1. The number of hydrogen-bond acceptors (Lipinski definition) is 2. The average molecular weight is 427 g/mol. The Morgan fingerprint density at radius 1 is 1.03 bits per heavy atom. The minimum atomic E-state index is -0.789. The van der Waals surface area contributed by atoms with E-state index in [0.29, 0.717) is 25.6 Å². The van der Waals surface area contributed by atoms with Crippen LogP contribution in [0, 0.1) is 17.6 Å². The second kappa shape index (κ2) is 9.04. The fourth-order valence-electron chi connectivity index (χ4n) is 4.30. The Kier molecular flexibility index (Phi) is 6.20. The van der Waals surface area contributed by atoms with Crippen molar-refractivity contribution in [3.8, 4) is 0 Å². The highest BCUT2D eigenvalue weighted by Gasteiger charge is 2.50. The van der Waals surface area contributed by atoms with Crippen molar-refractivity contribution in [1.29, 1.82) is 0 Å². The van der Waals surface area contributed by atoms with Gasteiger partial charge < -0.3 is 15.5 Å². The van der Waals surface area contributed by atoms with E-state index < -0.39 is 11.6 Å². The lowest BCUT2D eigenvalue weighted by molar-refractivity contribution is -0.123. The summed E-state index contributed by atoms with van der Waals surface area (Å²) in [5.41, 5.74) is 0.714. The zero-order valence-electron chi connectivity index (χ0n) is 17.4. The van der Waals surface area contributed by atoms with E-state index in [9.17, 15) is 18.4 Å². The third-order valence-electron chi connectivity index (χ3n) is 6.42. The molecule has 5 nitrogen and oxygen atoms in total. The first-order chi connectivity index (χ1) is 15.0. The lowest BCUT2D eigenvalue weighted by atomic mass is 9.92. The Morgan fingerprint density at radius 3 is 2.39 bits per heavy atom. The van der Waals surface area contributed by atoms with Gasteiger partial charge in [0.1, 0.15) is 11.6 Å². The van der Waals surface area contributed by atoms with Crippen LogP contribution in [0.15, 0.2) is 48.5 Å². The number of likely N-dealkylation sites (tertiary alicyclic amines) is 1. The molecule has 7 heteroatoms. The molecule has 1 aliphatic carbocycles. The van der Waals surface area contributed by atoms with Crippen molar-refractivity contribution in [2.45, 2.75) is 37.5 Å². The molecule has 0 bridgehead atoms. The van der Waals surface area contributed by atoms with Gasteiger partial charge in [-0.25, -0.2) is 13.6 Å². The van der Waals surface area contributed by atoms with E-state index in [4.69, 9.17) is 0 Å². The smallest absolute Gasteiger partial charge is 0.321 e. The van der Waals surface area contributed by atoms with E-state index in [-0.39, 0.29) is 23.0 Å². The molecular formula is C24H27F2N3O2. The minimum absolute atomic E-state index is 0.0244. The van der Waals surface area contributed by atoms with Gasteiger partial charge in [-0.3, -0.25) is 4.79 Å². The monoisotopic (exact) mass is 427 g/mol. The van der Waals surface area contributed by atoms with Gasteiger partial charge in [-0.2, -0.15) is 0 Å². The van der Waals surface area contributed by atoms with Crippen LogP contribution >= 0.6 is 0 Å². The SMILES string of the molecule is O=C(Nc1ccc(F)cc1F)N1CCC(CCNC(=O)C2(c3ccccc3)CC2)CC1. The van der Waals surface area contributed by atoms with Gasteiger partial charge >= 0.3 is 6.03 Å². The average Bonchev–Trinajstić information content (AvgIpc) is 3.59. The zero-order valence-corrected chi connectivity index (χ0v) is 17.4. The summed E-state index contributed by atoms with van der Waals surface area (Å²) in [5.74, 6) is -0.932. The van der Waals surface area contributed by atoms with Gasteiger partial charge in [0, 0.05) is 25.7 Å². The van der Waals surface area contributed by atoms with Crippen molar-refractivity contribution >= 4 is 17.6 Å². The van der Waals surface area contributed by atoms with E-state index in [1.54, 1.807) is 4.90 Å². The van der Waals surface area contributed by atoms with Crippen LogP contribution in [0.5, 0.6) is 0 Å². The number of benzene rings is 2. The maximum Gasteiger partial charge on any atom is 0.321 e. The number of piperidine rings is 1. The van der Waals surface area contributed by atoms with Crippen LogP contribution in [-0.4, -0.2) is 36.5 Å². The van der Waals surface area contributed by atoms with Crippen LogP contribution < -0.4 is 10.6 Å². The van der Waals surface area contributed by atoms with Gasteiger partial charge in [-0.05, 0) is 55.7 Å². The normalized spacial score (nSPS) is 17.8. The number of amides is 3. The molecule has 1 saturated heterocycles. The van der Waals surface area contributed by atoms with Crippen molar-refractivity contribution < 1.29 is 18.4 Å². The molecule has 0 unspecified atom stereocenters. The van der Waals surface area contributed by atoms with Crippen LogP contribution in [0.2, 0.25) is 0 Å². The predicted molar refractivity (Wildman–Crippen MR) is 115 cm³/mol. The largest absolute Gasteiger partial charge is 0.355 e. The Bertz CT molecular complexity index is 939. The number of hydrogen-bond donors (Lipinski definition) is 2. The number of carbonyl (C=O) groups excluding carboxylic acids is 2. The highest BCUT2D eigenvalue weighted by Crippen LogP contribution is 2.48. The van der Waals surface area contributed by atoms with Crippen molar-refractivity contribution in [3.05, 3.63) is 65.7 Å². The molecule has 2 aromatic carbocycles. The van der Waals surface area contributed by atoms with Crippen molar-refractivity contribution in [2.75, 3.05) is 25.0 Å². The Balaban J connectivity index is 1.19. The van der Waals surface area contributed by atoms with Crippen molar-refractivity contribution in [1.82, 2.24) is 10.2 Å². The van der Waals surface area contributed by atoms with Crippen LogP contribution in [0.1, 0.15) is 37.7 Å². The van der Waals surface area contributed by atoms with Crippen molar-refractivity contribution in [2.24, 2.45) is 5.92 Å². The molecule has 2 aliphatic rings.